The van der Waals surface area contributed by atoms with Crippen molar-refractivity contribution in [3.8, 4) is 12.1 Å². The number of methoxy groups -OCH3 is 1. The lowest BCUT2D eigenvalue weighted by Crippen LogP contribution is -2.22. The SMILES string of the molecule is COC(=O)C(C#N)C(C#N)c1ccccc1F. The van der Waals surface area contributed by atoms with Gasteiger partial charge in [0.1, 0.15) is 11.7 Å². The number of carbonyl (C=O) groups is 1. The Bertz CT molecular complexity index is 502. The van der Waals surface area contributed by atoms with Crippen molar-refractivity contribution in [1.29, 1.82) is 10.5 Å². The van der Waals surface area contributed by atoms with Crippen LogP contribution >= 0.6 is 0 Å². The summed E-state index contributed by atoms with van der Waals surface area (Å²) in [5.41, 5.74) is 0.0203. The number of halogens is 1. The van der Waals surface area contributed by atoms with Gasteiger partial charge in [0.2, 0.25) is 0 Å². The first-order chi connectivity index (χ1) is 8.15. The van der Waals surface area contributed by atoms with Crippen LogP contribution in [0.5, 0.6) is 0 Å². The average Bonchev–Trinajstić information content (AvgIpc) is 2.36. The Kier molecular flexibility index (Phi) is 4.19. The van der Waals surface area contributed by atoms with Gasteiger partial charge in [0.05, 0.1) is 19.2 Å². The molecule has 0 aromatic heterocycles. The molecule has 86 valence electrons. The molecule has 0 aliphatic carbocycles. The molecule has 1 aromatic rings. The molecule has 1 rings (SSSR count). The summed E-state index contributed by atoms with van der Waals surface area (Å²) >= 11 is 0. The number of nitrogens with zero attached hydrogens (tertiary/aromatic N) is 2. The van der Waals surface area contributed by atoms with Gasteiger partial charge in [-0.15, -0.1) is 0 Å². The van der Waals surface area contributed by atoms with Crippen molar-refractivity contribution in [2.75, 3.05) is 7.11 Å². The van der Waals surface area contributed by atoms with Gasteiger partial charge >= 0.3 is 5.97 Å². The highest BCUT2D eigenvalue weighted by atomic mass is 19.1. The summed E-state index contributed by atoms with van der Waals surface area (Å²) in [4.78, 5) is 11.3. The normalized spacial score (nSPS) is 12.9. The smallest absolute Gasteiger partial charge is 0.324 e. The van der Waals surface area contributed by atoms with Crippen LogP contribution < -0.4 is 0 Å². The molecule has 0 fully saturated rings. The second kappa shape index (κ2) is 5.62. The number of hydrogen-bond acceptors (Lipinski definition) is 4. The summed E-state index contributed by atoms with van der Waals surface area (Å²) < 4.78 is 17.9. The zero-order valence-corrected chi connectivity index (χ0v) is 9.05. The zero-order chi connectivity index (χ0) is 12.8. The quantitative estimate of drug-likeness (QED) is 0.744. The molecule has 0 N–H and O–H groups in total. The van der Waals surface area contributed by atoms with Gasteiger partial charge in [-0.1, -0.05) is 18.2 Å². The monoisotopic (exact) mass is 232 g/mol. The Morgan fingerprint density at radius 2 is 2.00 bits per heavy atom. The minimum absolute atomic E-state index is 0.0203. The molecule has 0 bridgehead atoms. The largest absolute Gasteiger partial charge is 0.468 e. The molecule has 0 amide bonds. The van der Waals surface area contributed by atoms with E-state index in [1.807, 2.05) is 0 Å². The Labute approximate surface area is 97.8 Å². The van der Waals surface area contributed by atoms with E-state index < -0.39 is 23.6 Å². The number of rotatable bonds is 3. The van der Waals surface area contributed by atoms with E-state index in [2.05, 4.69) is 4.74 Å². The number of nitriles is 2. The predicted octanol–water partition coefficient (Wildman–Crippen LogP) is 1.75. The number of carbonyl (C=O) groups excluding carboxylic acids is 1. The van der Waals surface area contributed by atoms with E-state index in [9.17, 15) is 9.18 Å². The lowest BCUT2D eigenvalue weighted by Gasteiger charge is -2.14. The van der Waals surface area contributed by atoms with Gasteiger partial charge in [-0.2, -0.15) is 10.5 Å². The summed E-state index contributed by atoms with van der Waals surface area (Å²) in [6.45, 7) is 0. The van der Waals surface area contributed by atoms with Gasteiger partial charge < -0.3 is 4.74 Å². The molecule has 5 heteroatoms. The first-order valence-corrected chi connectivity index (χ1v) is 4.77. The summed E-state index contributed by atoms with van der Waals surface area (Å²) in [6.07, 6.45) is 0. The second-order valence-electron chi connectivity index (χ2n) is 3.26. The maximum atomic E-state index is 13.5. The van der Waals surface area contributed by atoms with Gasteiger partial charge in [-0.3, -0.25) is 4.79 Å². The van der Waals surface area contributed by atoms with Crippen molar-refractivity contribution in [1.82, 2.24) is 0 Å². The van der Waals surface area contributed by atoms with Crippen molar-refractivity contribution in [3.05, 3.63) is 35.6 Å². The first-order valence-electron chi connectivity index (χ1n) is 4.77. The highest BCUT2D eigenvalue weighted by Crippen LogP contribution is 2.26. The maximum absolute atomic E-state index is 13.5. The number of ether oxygens (including phenoxy) is 1. The van der Waals surface area contributed by atoms with Gasteiger partial charge in [-0.05, 0) is 6.07 Å². The Balaban J connectivity index is 3.17. The van der Waals surface area contributed by atoms with Crippen LogP contribution in [0, 0.1) is 34.4 Å². The zero-order valence-electron chi connectivity index (χ0n) is 9.05. The molecule has 2 unspecified atom stereocenters. The van der Waals surface area contributed by atoms with Gasteiger partial charge in [0.25, 0.3) is 0 Å². The Hall–Kier alpha value is -2.40. The molecule has 0 aliphatic heterocycles. The van der Waals surface area contributed by atoms with Crippen LogP contribution in [-0.2, 0) is 9.53 Å². The standard InChI is InChI=1S/C12H9FN2O2/c1-17-12(16)10(7-15)9(6-14)8-4-2-3-5-11(8)13/h2-5,9-10H,1H3. The van der Waals surface area contributed by atoms with Crippen molar-refractivity contribution in [3.63, 3.8) is 0 Å². The molecule has 0 spiro atoms. The molecule has 17 heavy (non-hydrogen) atoms. The molecule has 2 atom stereocenters. The van der Waals surface area contributed by atoms with Crippen LogP contribution in [0.25, 0.3) is 0 Å². The molecule has 1 aromatic carbocycles. The summed E-state index contributed by atoms with van der Waals surface area (Å²) in [6, 6.07) is 8.97. The lowest BCUT2D eigenvalue weighted by molar-refractivity contribution is -0.143. The van der Waals surface area contributed by atoms with Crippen molar-refractivity contribution < 1.29 is 13.9 Å². The van der Waals surface area contributed by atoms with Crippen LogP contribution in [0.2, 0.25) is 0 Å². The molecule has 0 aliphatic rings. The third kappa shape index (κ3) is 2.59. The number of esters is 1. The molecule has 0 heterocycles. The minimum Gasteiger partial charge on any atom is -0.468 e. The lowest BCUT2D eigenvalue weighted by atomic mass is 9.88. The van der Waals surface area contributed by atoms with Crippen LogP contribution in [0.1, 0.15) is 11.5 Å². The van der Waals surface area contributed by atoms with E-state index in [-0.39, 0.29) is 5.56 Å². The summed E-state index contributed by atoms with van der Waals surface area (Å²) in [5, 5.41) is 17.8. The summed E-state index contributed by atoms with van der Waals surface area (Å²) in [7, 11) is 1.11. The average molecular weight is 232 g/mol. The fourth-order valence-electron chi connectivity index (χ4n) is 1.44. The van der Waals surface area contributed by atoms with Crippen LogP contribution in [0.15, 0.2) is 24.3 Å². The van der Waals surface area contributed by atoms with Crippen LogP contribution in [-0.4, -0.2) is 13.1 Å². The third-order valence-corrected chi connectivity index (χ3v) is 2.31. The topological polar surface area (TPSA) is 73.9 Å². The Morgan fingerprint density at radius 3 is 2.47 bits per heavy atom. The fourth-order valence-corrected chi connectivity index (χ4v) is 1.44. The molecule has 0 saturated carbocycles. The maximum Gasteiger partial charge on any atom is 0.324 e. The van der Waals surface area contributed by atoms with Crippen LogP contribution in [0.3, 0.4) is 0 Å². The van der Waals surface area contributed by atoms with E-state index in [0.29, 0.717) is 0 Å². The van der Waals surface area contributed by atoms with E-state index in [1.54, 1.807) is 12.1 Å². The highest BCUT2D eigenvalue weighted by molar-refractivity contribution is 5.77. The van der Waals surface area contributed by atoms with Crippen molar-refractivity contribution in [2.24, 2.45) is 5.92 Å². The molecule has 4 nitrogen and oxygen atoms in total. The predicted molar refractivity (Wildman–Crippen MR) is 55.9 cm³/mol. The van der Waals surface area contributed by atoms with Crippen molar-refractivity contribution >= 4 is 5.97 Å². The molecular formula is C12H9FN2O2. The highest BCUT2D eigenvalue weighted by Gasteiger charge is 2.32. The summed E-state index contributed by atoms with van der Waals surface area (Å²) in [5.74, 6) is -3.97. The fraction of sp³-hybridized carbons (Fsp3) is 0.250. The second-order valence-corrected chi connectivity index (χ2v) is 3.26. The molecular weight excluding hydrogens is 223 g/mol. The molecule has 0 radical (unpaired) electrons. The Morgan fingerprint density at radius 1 is 1.35 bits per heavy atom. The van der Waals surface area contributed by atoms with Crippen molar-refractivity contribution in [2.45, 2.75) is 5.92 Å². The van der Waals surface area contributed by atoms with E-state index >= 15 is 0 Å². The van der Waals surface area contributed by atoms with E-state index in [1.165, 1.54) is 24.3 Å². The minimum atomic E-state index is -1.33. The van der Waals surface area contributed by atoms with Gasteiger partial charge in [0.15, 0.2) is 5.92 Å². The van der Waals surface area contributed by atoms with E-state index in [0.717, 1.165) is 7.11 Å². The van der Waals surface area contributed by atoms with E-state index in [4.69, 9.17) is 10.5 Å². The van der Waals surface area contributed by atoms with Crippen LogP contribution in [0.4, 0.5) is 4.39 Å². The van der Waals surface area contributed by atoms with Gasteiger partial charge in [0, 0.05) is 5.56 Å². The van der Waals surface area contributed by atoms with Gasteiger partial charge in [-0.25, -0.2) is 4.39 Å². The number of benzene rings is 1. The number of hydrogen-bond donors (Lipinski definition) is 0. The third-order valence-electron chi connectivity index (χ3n) is 2.31. The molecule has 0 saturated heterocycles. The first kappa shape index (κ1) is 12.7.